The number of ether oxygens (including phenoxy) is 2. The van der Waals surface area contributed by atoms with Crippen LogP contribution in [0.25, 0.3) is 0 Å². The second-order valence-electron chi connectivity index (χ2n) is 2.90. The molecule has 70 valence electrons. The van der Waals surface area contributed by atoms with Crippen molar-refractivity contribution in [1.29, 1.82) is 0 Å². The molecule has 5 atom stereocenters. The van der Waals surface area contributed by atoms with Crippen LogP contribution in [-0.2, 0) is 14.4 Å². The van der Waals surface area contributed by atoms with E-state index in [1.54, 1.807) is 0 Å². The van der Waals surface area contributed by atoms with E-state index in [9.17, 15) is 14.7 Å². The van der Waals surface area contributed by atoms with Crippen LogP contribution in [0.5, 0.6) is 0 Å². The maximum absolute atomic E-state index is 11.4. The van der Waals surface area contributed by atoms with E-state index in [0.717, 1.165) is 0 Å². The summed E-state index contributed by atoms with van der Waals surface area (Å²) in [7, 11) is 0. The summed E-state index contributed by atoms with van der Waals surface area (Å²) in [4.78, 5) is 3.32. The van der Waals surface area contributed by atoms with Gasteiger partial charge in [0.2, 0.25) is 0 Å². The van der Waals surface area contributed by atoms with E-state index in [4.69, 9.17) is 9.47 Å². The van der Waals surface area contributed by atoms with Crippen LogP contribution >= 0.6 is 0 Å². The Morgan fingerprint density at radius 3 is 2.67 bits per heavy atom. The molecular formula is C6H9FO5. The number of aliphatic hydroxyl groups excluding tert-OH is 2. The van der Waals surface area contributed by atoms with Gasteiger partial charge in [-0.3, -0.25) is 0 Å². The summed E-state index contributed by atoms with van der Waals surface area (Å²) in [6.07, 6.45) is -3.98. The normalized spacial score (nSPS) is 51.8. The number of epoxide rings is 1. The zero-order chi connectivity index (χ0) is 8.72. The molecule has 5 nitrogen and oxygen atoms in total. The van der Waals surface area contributed by atoms with Crippen molar-refractivity contribution in [2.24, 2.45) is 0 Å². The van der Waals surface area contributed by atoms with Crippen molar-refractivity contribution in [2.45, 2.75) is 30.7 Å². The molecular weight excluding hydrogens is 171 g/mol. The summed E-state index contributed by atoms with van der Waals surface area (Å²) in [5, 5.41) is 18.5. The number of fused-ring (bicyclic) bond motifs is 1. The third-order valence-electron chi connectivity index (χ3n) is 2.09. The zero-order valence-electron chi connectivity index (χ0n) is 6.09. The van der Waals surface area contributed by atoms with Gasteiger partial charge in [-0.15, -0.1) is 0 Å². The Bertz CT molecular complexity index is 177. The molecule has 2 aliphatic heterocycles. The van der Waals surface area contributed by atoms with Crippen molar-refractivity contribution < 1.29 is 29.2 Å². The van der Waals surface area contributed by atoms with E-state index >= 15 is 0 Å². The first kappa shape index (κ1) is 8.33. The average molecular weight is 180 g/mol. The van der Waals surface area contributed by atoms with E-state index < -0.39 is 37.3 Å². The molecule has 0 aromatic rings. The lowest BCUT2D eigenvalue weighted by atomic mass is 10.0. The largest absolute Gasteiger partial charge is 0.387 e. The number of hydrogen-bond donors (Lipinski definition) is 2. The van der Waals surface area contributed by atoms with Gasteiger partial charge < -0.3 is 19.7 Å². The fraction of sp³-hybridized carbons (Fsp3) is 1.00. The molecule has 2 aliphatic rings. The standard InChI is InChI=1S/C6H9FO5/c7-10-1-2-3(8)4(9)5-6(11-2)12-5/h2-6,8-9H,1H2. The van der Waals surface area contributed by atoms with Crippen molar-refractivity contribution in [3.63, 3.8) is 0 Å². The van der Waals surface area contributed by atoms with Gasteiger partial charge >= 0.3 is 0 Å². The summed E-state index contributed by atoms with van der Waals surface area (Å²) < 4.78 is 21.2. The zero-order valence-corrected chi connectivity index (χ0v) is 6.09. The Morgan fingerprint density at radius 2 is 2.00 bits per heavy atom. The van der Waals surface area contributed by atoms with Crippen LogP contribution in [0.2, 0.25) is 0 Å². The van der Waals surface area contributed by atoms with E-state index in [1.807, 2.05) is 0 Å². The minimum absolute atomic E-state index is 0.398. The first-order valence-electron chi connectivity index (χ1n) is 3.64. The molecule has 2 saturated heterocycles. The summed E-state index contributed by atoms with van der Waals surface area (Å²) in [5.74, 6) is 0. The minimum Gasteiger partial charge on any atom is -0.387 e. The van der Waals surface area contributed by atoms with Crippen LogP contribution in [0.3, 0.4) is 0 Å². The van der Waals surface area contributed by atoms with Crippen LogP contribution in [0.1, 0.15) is 0 Å². The van der Waals surface area contributed by atoms with Crippen LogP contribution in [0.15, 0.2) is 0 Å². The lowest BCUT2D eigenvalue weighted by Crippen LogP contribution is -2.49. The minimum atomic E-state index is -1.15. The lowest BCUT2D eigenvalue weighted by Gasteiger charge is -2.27. The molecule has 0 spiro atoms. The Hall–Kier alpha value is -0.270. The van der Waals surface area contributed by atoms with Crippen LogP contribution in [0, 0.1) is 0 Å². The van der Waals surface area contributed by atoms with E-state index in [-0.39, 0.29) is 0 Å². The van der Waals surface area contributed by atoms with Gasteiger partial charge in [0, 0.05) is 0 Å². The van der Waals surface area contributed by atoms with Gasteiger partial charge in [0.25, 0.3) is 0 Å². The molecule has 0 bridgehead atoms. The quantitative estimate of drug-likeness (QED) is 0.518. The van der Waals surface area contributed by atoms with Gasteiger partial charge in [0.1, 0.15) is 31.0 Å². The smallest absolute Gasteiger partial charge is 0.187 e. The van der Waals surface area contributed by atoms with Crippen LogP contribution in [0.4, 0.5) is 4.53 Å². The second-order valence-corrected chi connectivity index (χ2v) is 2.90. The molecule has 0 aromatic heterocycles. The topological polar surface area (TPSA) is 71.5 Å². The Balaban J connectivity index is 1.96. The van der Waals surface area contributed by atoms with Gasteiger partial charge in [-0.1, -0.05) is 0 Å². The molecule has 0 saturated carbocycles. The number of halogens is 1. The van der Waals surface area contributed by atoms with Crippen molar-refractivity contribution in [3.8, 4) is 0 Å². The molecule has 2 N–H and O–H groups in total. The number of aliphatic hydroxyl groups is 2. The highest BCUT2D eigenvalue weighted by Crippen LogP contribution is 2.35. The monoisotopic (exact) mass is 180 g/mol. The predicted molar refractivity (Wildman–Crippen MR) is 32.6 cm³/mol. The average Bonchev–Trinajstić information content (AvgIpc) is 2.79. The highest BCUT2D eigenvalue weighted by atomic mass is 19.3. The Kier molecular flexibility index (Phi) is 2.01. The van der Waals surface area contributed by atoms with Gasteiger partial charge in [-0.05, 0) is 4.53 Å². The summed E-state index contributed by atoms with van der Waals surface area (Å²) in [6, 6.07) is 0. The van der Waals surface area contributed by atoms with E-state index in [2.05, 4.69) is 4.94 Å². The molecule has 2 heterocycles. The van der Waals surface area contributed by atoms with E-state index in [1.165, 1.54) is 0 Å². The predicted octanol–water partition coefficient (Wildman–Crippen LogP) is -1.27. The van der Waals surface area contributed by atoms with Gasteiger partial charge in [-0.25, -0.2) is 0 Å². The first-order chi connectivity index (χ1) is 5.74. The maximum atomic E-state index is 11.4. The molecule has 0 amide bonds. The van der Waals surface area contributed by atoms with Crippen LogP contribution in [-0.4, -0.2) is 47.5 Å². The molecule has 2 rings (SSSR count). The fourth-order valence-corrected chi connectivity index (χ4v) is 1.33. The summed E-state index contributed by atoms with van der Waals surface area (Å²) >= 11 is 0. The summed E-state index contributed by atoms with van der Waals surface area (Å²) in [5.41, 5.74) is 0. The Morgan fingerprint density at radius 1 is 1.25 bits per heavy atom. The van der Waals surface area contributed by atoms with Crippen molar-refractivity contribution in [3.05, 3.63) is 0 Å². The molecule has 0 radical (unpaired) electrons. The van der Waals surface area contributed by atoms with Crippen LogP contribution < -0.4 is 0 Å². The molecule has 5 unspecified atom stereocenters. The molecule has 2 fully saturated rings. The van der Waals surface area contributed by atoms with Gasteiger partial charge in [0.05, 0.1) is 0 Å². The van der Waals surface area contributed by atoms with Crippen molar-refractivity contribution in [2.75, 3.05) is 6.61 Å². The highest BCUT2D eigenvalue weighted by molar-refractivity contribution is 4.97. The third-order valence-corrected chi connectivity index (χ3v) is 2.09. The van der Waals surface area contributed by atoms with Crippen molar-refractivity contribution >= 4 is 0 Å². The lowest BCUT2D eigenvalue weighted by molar-refractivity contribution is -0.209. The van der Waals surface area contributed by atoms with Gasteiger partial charge in [0.15, 0.2) is 6.29 Å². The third kappa shape index (κ3) is 1.21. The fourth-order valence-electron chi connectivity index (χ4n) is 1.33. The molecule has 6 heteroatoms. The first-order valence-corrected chi connectivity index (χ1v) is 3.64. The molecule has 12 heavy (non-hydrogen) atoms. The van der Waals surface area contributed by atoms with E-state index in [0.29, 0.717) is 0 Å². The Labute approximate surface area is 67.5 Å². The SMILES string of the molecule is OC1C(COF)OC2OC2C1O. The van der Waals surface area contributed by atoms with Crippen molar-refractivity contribution in [1.82, 2.24) is 0 Å². The second kappa shape index (κ2) is 2.90. The molecule has 0 aromatic carbocycles. The maximum Gasteiger partial charge on any atom is 0.187 e. The number of rotatable bonds is 2. The molecule has 0 aliphatic carbocycles. The summed E-state index contributed by atoms with van der Waals surface area (Å²) in [6.45, 7) is -0.398. The van der Waals surface area contributed by atoms with Gasteiger partial charge in [-0.2, -0.15) is 4.94 Å². The highest BCUT2D eigenvalue weighted by Gasteiger charge is 2.56. The number of hydrogen-bond acceptors (Lipinski definition) is 5.